The zero-order chi connectivity index (χ0) is 35.3. The summed E-state index contributed by atoms with van der Waals surface area (Å²) in [5.41, 5.74) is 2.10. The average molecular weight is 686 g/mol. The van der Waals surface area contributed by atoms with Crippen LogP contribution in [0.2, 0.25) is 0 Å². The Labute approximate surface area is 290 Å². The molecular weight excluding hydrogens is 643 g/mol. The molecule has 3 aromatic heterocycles. The van der Waals surface area contributed by atoms with Gasteiger partial charge in [-0.2, -0.15) is 5.26 Å². The van der Waals surface area contributed by atoms with Crippen LogP contribution in [0.15, 0.2) is 59.0 Å². The summed E-state index contributed by atoms with van der Waals surface area (Å²) in [5, 5.41) is 16.4. The second-order valence-electron chi connectivity index (χ2n) is 14.4. The Morgan fingerprint density at radius 1 is 1.20 bits per heavy atom. The Balaban J connectivity index is 1.45. The van der Waals surface area contributed by atoms with Crippen molar-refractivity contribution in [1.29, 1.82) is 5.26 Å². The van der Waals surface area contributed by atoms with Gasteiger partial charge in [-0.3, -0.25) is 19.7 Å². The number of benzene rings is 1. The van der Waals surface area contributed by atoms with Crippen LogP contribution in [0.3, 0.4) is 0 Å². The summed E-state index contributed by atoms with van der Waals surface area (Å²) in [6, 6.07) is 11.3. The van der Waals surface area contributed by atoms with Crippen LogP contribution in [0.1, 0.15) is 69.6 Å². The van der Waals surface area contributed by atoms with Crippen molar-refractivity contribution in [3.8, 4) is 16.7 Å². The minimum absolute atomic E-state index is 0.0787. The Hall–Kier alpha value is -4.80. The molecule has 0 radical (unpaired) electrons. The molecule has 4 heterocycles. The molecule has 0 spiro atoms. The third-order valence-electron chi connectivity index (χ3n) is 8.43. The minimum Gasteiger partial charge on any atom is -0.466 e. The van der Waals surface area contributed by atoms with Crippen LogP contribution < -0.4 is 10.6 Å². The van der Waals surface area contributed by atoms with Gasteiger partial charge in [0.1, 0.15) is 18.2 Å². The maximum Gasteiger partial charge on any atom is 0.293 e. The Morgan fingerprint density at radius 2 is 2.00 bits per heavy atom. The van der Waals surface area contributed by atoms with E-state index in [1.807, 2.05) is 49.6 Å². The topological polar surface area (TPSA) is 155 Å². The maximum atomic E-state index is 13.6. The normalized spacial score (nSPS) is 16.1. The fraction of sp³-hybridized carbons (Fsp3) is 0.444. The van der Waals surface area contributed by atoms with Gasteiger partial charge in [0.25, 0.3) is 18.3 Å². The van der Waals surface area contributed by atoms with Crippen LogP contribution >= 0.6 is 11.3 Å². The highest BCUT2D eigenvalue weighted by Crippen LogP contribution is 2.31. The summed E-state index contributed by atoms with van der Waals surface area (Å²) >= 11 is 1.28. The number of hydrogen-bond acceptors (Lipinski definition) is 10. The number of nitrogens with one attached hydrogen (secondary N) is 2. The number of hydrogen-bond donors (Lipinski definition) is 2. The molecule has 49 heavy (non-hydrogen) atoms. The van der Waals surface area contributed by atoms with Gasteiger partial charge in [-0.15, -0.1) is 11.3 Å². The average Bonchev–Trinajstić information content (AvgIpc) is 3.86. The molecule has 2 amide bonds. The SMILES string of the molecule is CC(C)(C)C=C(C#N)C(=O)N1CCC[C@@H]1Cn1c(NC(=O)c2ccc(-c3cnco3)s2)nc2cc(CN[C@@H](COC=O)C(C)(C)C)ccc21. The predicted molar refractivity (Wildman–Crippen MR) is 187 cm³/mol. The van der Waals surface area contributed by atoms with E-state index in [0.29, 0.717) is 48.2 Å². The third kappa shape index (κ3) is 8.63. The van der Waals surface area contributed by atoms with Gasteiger partial charge in [-0.25, -0.2) is 9.97 Å². The highest BCUT2D eigenvalue weighted by atomic mass is 32.1. The molecule has 1 aromatic carbocycles. The summed E-state index contributed by atoms with van der Waals surface area (Å²) in [6.07, 6.45) is 6.22. The van der Waals surface area contributed by atoms with E-state index in [2.05, 4.69) is 42.5 Å². The van der Waals surface area contributed by atoms with Crippen molar-refractivity contribution in [2.45, 2.75) is 79.6 Å². The molecule has 1 saturated heterocycles. The fourth-order valence-electron chi connectivity index (χ4n) is 5.88. The largest absolute Gasteiger partial charge is 0.466 e. The zero-order valence-electron chi connectivity index (χ0n) is 28.8. The van der Waals surface area contributed by atoms with Crippen LogP contribution in [-0.4, -0.2) is 63.0 Å². The van der Waals surface area contributed by atoms with Crippen molar-refractivity contribution < 1.29 is 23.5 Å². The summed E-state index contributed by atoms with van der Waals surface area (Å²) in [5.74, 6) is 0.328. The van der Waals surface area contributed by atoms with Gasteiger partial charge >= 0.3 is 0 Å². The van der Waals surface area contributed by atoms with Gasteiger partial charge in [0.2, 0.25) is 5.95 Å². The molecule has 4 aromatic rings. The van der Waals surface area contributed by atoms with Crippen LogP contribution in [0.5, 0.6) is 0 Å². The minimum atomic E-state index is -0.329. The maximum absolute atomic E-state index is 13.6. The van der Waals surface area contributed by atoms with E-state index in [9.17, 15) is 19.6 Å². The number of fused-ring (bicyclic) bond motifs is 1. The first-order chi connectivity index (χ1) is 23.3. The number of nitrogens with zero attached hydrogens (tertiary/aromatic N) is 5. The molecular formula is C36H43N7O5S. The quantitative estimate of drug-likeness (QED) is 0.101. The molecule has 5 rings (SSSR count). The summed E-state index contributed by atoms with van der Waals surface area (Å²) in [6.45, 7) is 14.3. The summed E-state index contributed by atoms with van der Waals surface area (Å²) < 4.78 is 12.4. The van der Waals surface area contributed by atoms with Crippen molar-refractivity contribution in [3.05, 3.63) is 65.0 Å². The fourth-order valence-corrected chi connectivity index (χ4v) is 6.74. The van der Waals surface area contributed by atoms with E-state index in [4.69, 9.17) is 14.1 Å². The van der Waals surface area contributed by atoms with Gasteiger partial charge in [0.05, 0.1) is 33.0 Å². The molecule has 1 fully saturated rings. The summed E-state index contributed by atoms with van der Waals surface area (Å²) in [4.78, 5) is 49.9. The molecule has 258 valence electrons. The smallest absolute Gasteiger partial charge is 0.293 e. The van der Waals surface area contributed by atoms with Crippen LogP contribution in [0, 0.1) is 22.2 Å². The van der Waals surface area contributed by atoms with Crippen molar-refractivity contribution in [3.63, 3.8) is 0 Å². The van der Waals surface area contributed by atoms with Crippen molar-refractivity contribution in [2.75, 3.05) is 18.5 Å². The number of anilines is 1. The van der Waals surface area contributed by atoms with Gasteiger partial charge < -0.3 is 23.9 Å². The van der Waals surface area contributed by atoms with E-state index >= 15 is 0 Å². The Bertz CT molecular complexity index is 1870. The van der Waals surface area contributed by atoms with Gasteiger partial charge in [0.15, 0.2) is 12.2 Å². The molecule has 2 atom stereocenters. The molecule has 0 aliphatic carbocycles. The molecule has 2 N–H and O–H groups in total. The first kappa shape index (κ1) is 35.5. The number of likely N-dealkylation sites (tertiary alicyclic amines) is 1. The molecule has 0 saturated carbocycles. The third-order valence-corrected chi connectivity index (χ3v) is 9.53. The second kappa shape index (κ2) is 14.8. The van der Waals surface area contributed by atoms with E-state index in [0.717, 1.165) is 28.8 Å². The highest BCUT2D eigenvalue weighted by molar-refractivity contribution is 7.17. The lowest BCUT2D eigenvalue weighted by Crippen LogP contribution is -2.43. The number of rotatable bonds is 12. The number of oxazole rings is 1. The van der Waals surface area contributed by atoms with E-state index in [1.54, 1.807) is 23.2 Å². The van der Waals surface area contributed by atoms with Crippen molar-refractivity contribution in [2.24, 2.45) is 10.8 Å². The number of amides is 2. The molecule has 0 bridgehead atoms. The van der Waals surface area contributed by atoms with E-state index < -0.39 is 0 Å². The molecule has 1 aliphatic heterocycles. The Kier molecular flexibility index (Phi) is 10.7. The Morgan fingerprint density at radius 3 is 2.67 bits per heavy atom. The van der Waals surface area contributed by atoms with Crippen LogP contribution in [0.4, 0.5) is 5.95 Å². The number of aromatic nitrogens is 3. The lowest BCUT2D eigenvalue weighted by molar-refractivity contribution is -0.130. The number of nitriles is 1. The highest BCUT2D eigenvalue weighted by Gasteiger charge is 2.33. The predicted octanol–water partition coefficient (Wildman–Crippen LogP) is 6.17. The molecule has 13 heteroatoms. The number of imidazole rings is 1. The van der Waals surface area contributed by atoms with Crippen LogP contribution in [0.25, 0.3) is 21.7 Å². The molecule has 0 unspecified atom stereocenters. The number of carbonyl (C=O) groups excluding carboxylic acids is 3. The second-order valence-corrected chi connectivity index (χ2v) is 15.5. The van der Waals surface area contributed by atoms with Gasteiger partial charge in [-0.05, 0) is 53.5 Å². The van der Waals surface area contributed by atoms with Gasteiger partial charge in [0, 0.05) is 25.7 Å². The first-order valence-electron chi connectivity index (χ1n) is 16.3. The number of allylic oxidation sites excluding steroid dienone is 1. The number of carbonyl (C=O) groups is 3. The monoisotopic (exact) mass is 685 g/mol. The van der Waals surface area contributed by atoms with Crippen LogP contribution in [-0.2, 0) is 27.4 Å². The van der Waals surface area contributed by atoms with E-state index in [1.165, 1.54) is 17.7 Å². The molecule has 12 nitrogen and oxygen atoms in total. The van der Waals surface area contributed by atoms with Gasteiger partial charge in [-0.1, -0.05) is 53.7 Å². The van der Waals surface area contributed by atoms with E-state index in [-0.39, 0.29) is 46.9 Å². The summed E-state index contributed by atoms with van der Waals surface area (Å²) in [7, 11) is 0. The number of ether oxygens (including phenoxy) is 1. The lowest BCUT2D eigenvalue weighted by Gasteiger charge is -2.30. The number of thiophene rings is 1. The zero-order valence-corrected chi connectivity index (χ0v) is 29.6. The van der Waals surface area contributed by atoms with Crippen molar-refractivity contribution >= 4 is 46.6 Å². The molecule has 1 aliphatic rings. The lowest BCUT2D eigenvalue weighted by atomic mass is 9.87. The van der Waals surface area contributed by atoms with Crippen molar-refractivity contribution in [1.82, 2.24) is 24.8 Å². The first-order valence-corrected chi connectivity index (χ1v) is 17.1. The standard InChI is InChI=1S/C36H43N7O5S/c1-35(2,3)15-24(16-37)33(46)42-13-7-8-25(42)19-43-27-10-9-23(17-39-31(20-47-22-44)36(4,5)6)14-26(27)40-34(43)41-32(45)30-12-11-29(49-30)28-18-38-21-48-28/h9-12,14-15,18,21-22,25,31,39H,7-8,13,17,19-20H2,1-6H3,(H,40,41,45)/t25-,31+/m1/s1.